The topological polar surface area (TPSA) is 29.5 Å². The molecule has 0 fully saturated rings. The molecular formula is C14H14F4O2. The van der Waals surface area contributed by atoms with Crippen LogP contribution in [0.25, 0.3) is 0 Å². The Morgan fingerprint density at radius 1 is 1.25 bits per heavy atom. The molecule has 0 aliphatic heterocycles. The SMILES string of the molecule is OCCC#Cc1ccc(F)c(OCCCC(F)(F)F)c1. The minimum Gasteiger partial charge on any atom is -0.490 e. The molecule has 0 aliphatic rings. The second-order valence-corrected chi connectivity index (χ2v) is 3.99. The van der Waals surface area contributed by atoms with Crippen molar-refractivity contribution in [3.05, 3.63) is 29.6 Å². The lowest BCUT2D eigenvalue weighted by atomic mass is 10.2. The van der Waals surface area contributed by atoms with Crippen molar-refractivity contribution in [2.24, 2.45) is 0 Å². The molecule has 1 N–H and O–H groups in total. The van der Waals surface area contributed by atoms with E-state index in [0.717, 1.165) is 6.07 Å². The van der Waals surface area contributed by atoms with Gasteiger partial charge in [-0.15, -0.1) is 0 Å². The summed E-state index contributed by atoms with van der Waals surface area (Å²) in [6, 6.07) is 3.90. The first kappa shape index (κ1) is 16.3. The van der Waals surface area contributed by atoms with E-state index in [2.05, 4.69) is 11.8 Å². The lowest BCUT2D eigenvalue weighted by molar-refractivity contribution is -0.136. The fourth-order valence-electron chi connectivity index (χ4n) is 1.37. The standard InChI is InChI=1S/C14H14F4O2/c15-12-6-5-11(4-1-2-8-19)10-13(12)20-9-3-7-14(16,17)18/h5-6,10,19H,2-3,7-9H2. The molecule has 110 valence electrons. The molecule has 0 aliphatic carbocycles. The first-order valence-corrected chi connectivity index (χ1v) is 6.01. The highest BCUT2D eigenvalue weighted by molar-refractivity contribution is 5.40. The van der Waals surface area contributed by atoms with Crippen molar-refractivity contribution in [1.29, 1.82) is 0 Å². The summed E-state index contributed by atoms with van der Waals surface area (Å²) in [5, 5.41) is 8.57. The zero-order valence-electron chi connectivity index (χ0n) is 10.6. The number of hydrogen-bond acceptors (Lipinski definition) is 2. The van der Waals surface area contributed by atoms with Gasteiger partial charge in [0.2, 0.25) is 0 Å². The number of aliphatic hydroxyl groups excluding tert-OH is 1. The second kappa shape index (κ2) is 7.75. The summed E-state index contributed by atoms with van der Waals surface area (Å²) >= 11 is 0. The summed E-state index contributed by atoms with van der Waals surface area (Å²) in [5.74, 6) is 4.58. The van der Waals surface area contributed by atoms with Crippen LogP contribution in [0.15, 0.2) is 18.2 Å². The monoisotopic (exact) mass is 290 g/mol. The highest BCUT2D eigenvalue weighted by Crippen LogP contribution is 2.23. The average molecular weight is 290 g/mol. The minimum atomic E-state index is -4.24. The number of hydrogen-bond donors (Lipinski definition) is 1. The molecule has 0 saturated carbocycles. The molecule has 1 aromatic carbocycles. The Labute approximate surface area is 114 Å². The zero-order valence-corrected chi connectivity index (χ0v) is 10.6. The Kier molecular flexibility index (Phi) is 6.32. The van der Waals surface area contributed by atoms with E-state index in [9.17, 15) is 17.6 Å². The third-order valence-corrected chi connectivity index (χ3v) is 2.26. The van der Waals surface area contributed by atoms with Crippen LogP contribution < -0.4 is 4.74 Å². The van der Waals surface area contributed by atoms with E-state index in [1.54, 1.807) is 0 Å². The molecule has 2 nitrogen and oxygen atoms in total. The molecule has 0 spiro atoms. The third-order valence-electron chi connectivity index (χ3n) is 2.26. The van der Waals surface area contributed by atoms with Gasteiger partial charge in [0.25, 0.3) is 0 Å². The van der Waals surface area contributed by atoms with Crippen LogP contribution >= 0.6 is 0 Å². The third kappa shape index (κ3) is 6.43. The van der Waals surface area contributed by atoms with Crippen LogP contribution in [0.4, 0.5) is 17.6 Å². The van der Waals surface area contributed by atoms with Gasteiger partial charge >= 0.3 is 6.18 Å². The number of aliphatic hydroxyl groups is 1. The molecular weight excluding hydrogens is 276 g/mol. The molecule has 0 atom stereocenters. The summed E-state index contributed by atoms with van der Waals surface area (Å²) in [7, 11) is 0. The van der Waals surface area contributed by atoms with Crippen molar-refractivity contribution >= 4 is 0 Å². The van der Waals surface area contributed by atoms with Gasteiger partial charge in [0.05, 0.1) is 13.2 Å². The lowest BCUT2D eigenvalue weighted by Gasteiger charge is -2.09. The smallest absolute Gasteiger partial charge is 0.389 e. The highest BCUT2D eigenvalue weighted by Gasteiger charge is 2.26. The van der Waals surface area contributed by atoms with E-state index in [4.69, 9.17) is 9.84 Å². The Hall–Kier alpha value is -1.74. The summed E-state index contributed by atoms with van der Waals surface area (Å²) in [4.78, 5) is 0. The summed E-state index contributed by atoms with van der Waals surface area (Å²) in [6.45, 7) is -0.293. The maximum absolute atomic E-state index is 13.4. The van der Waals surface area contributed by atoms with E-state index in [1.807, 2.05) is 0 Å². The van der Waals surface area contributed by atoms with Crippen LogP contribution in [0.2, 0.25) is 0 Å². The van der Waals surface area contributed by atoms with Gasteiger partial charge < -0.3 is 9.84 Å². The van der Waals surface area contributed by atoms with Crippen LogP contribution in [0, 0.1) is 17.7 Å². The molecule has 0 radical (unpaired) electrons. The average Bonchev–Trinajstić information content (AvgIpc) is 2.37. The zero-order chi connectivity index (χ0) is 15.0. The van der Waals surface area contributed by atoms with Gasteiger partial charge in [-0.2, -0.15) is 13.2 Å². The van der Waals surface area contributed by atoms with Crippen LogP contribution in [0.1, 0.15) is 24.8 Å². The van der Waals surface area contributed by atoms with Gasteiger partial charge in [0.1, 0.15) is 0 Å². The first-order valence-electron chi connectivity index (χ1n) is 6.01. The fraction of sp³-hybridized carbons (Fsp3) is 0.429. The maximum atomic E-state index is 13.4. The van der Waals surface area contributed by atoms with Gasteiger partial charge in [-0.05, 0) is 24.6 Å². The van der Waals surface area contributed by atoms with Crippen LogP contribution in [-0.4, -0.2) is 24.5 Å². The van der Waals surface area contributed by atoms with Gasteiger partial charge in [-0.1, -0.05) is 11.8 Å². The Balaban J connectivity index is 2.57. The fourth-order valence-corrected chi connectivity index (χ4v) is 1.37. The van der Waals surface area contributed by atoms with E-state index in [1.165, 1.54) is 12.1 Å². The Bertz CT molecular complexity index is 486. The molecule has 0 heterocycles. The molecule has 0 saturated heterocycles. The maximum Gasteiger partial charge on any atom is 0.389 e. The van der Waals surface area contributed by atoms with Crippen molar-refractivity contribution in [3.8, 4) is 17.6 Å². The van der Waals surface area contributed by atoms with Crippen molar-refractivity contribution in [3.63, 3.8) is 0 Å². The van der Waals surface area contributed by atoms with E-state index < -0.39 is 18.4 Å². The molecule has 20 heavy (non-hydrogen) atoms. The van der Waals surface area contributed by atoms with E-state index in [-0.39, 0.29) is 25.4 Å². The Morgan fingerprint density at radius 3 is 2.65 bits per heavy atom. The molecule has 0 aromatic heterocycles. The van der Waals surface area contributed by atoms with Crippen LogP contribution in [0.3, 0.4) is 0 Å². The van der Waals surface area contributed by atoms with Crippen molar-refractivity contribution in [2.75, 3.05) is 13.2 Å². The molecule has 1 rings (SSSR count). The predicted octanol–water partition coefficient (Wildman–Crippen LogP) is 3.28. The number of alkyl halides is 3. The molecule has 0 amide bonds. The largest absolute Gasteiger partial charge is 0.490 e. The first-order chi connectivity index (χ1) is 9.42. The van der Waals surface area contributed by atoms with Crippen molar-refractivity contribution in [2.45, 2.75) is 25.4 Å². The van der Waals surface area contributed by atoms with Gasteiger partial charge in [0.15, 0.2) is 11.6 Å². The second-order valence-electron chi connectivity index (χ2n) is 3.99. The quantitative estimate of drug-likeness (QED) is 0.512. The van der Waals surface area contributed by atoms with Crippen LogP contribution in [0.5, 0.6) is 5.75 Å². The lowest BCUT2D eigenvalue weighted by Crippen LogP contribution is -2.10. The summed E-state index contributed by atoms with van der Waals surface area (Å²) in [5.41, 5.74) is 0.477. The van der Waals surface area contributed by atoms with E-state index >= 15 is 0 Å². The molecule has 0 bridgehead atoms. The van der Waals surface area contributed by atoms with E-state index in [0.29, 0.717) is 12.0 Å². The molecule has 0 unspecified atom stereocenters. The van der Waals surface area contributed by atoms with Gasteiger partial charge in [-0.3, -0.25) is 0 Å². The normalized spacial score (nSPS) is 10.8. The summed E-state index contributed by atoms with van der Waals surface area (Å²) < 4.78 is 54.2. The number of ether oxygens (including phenoxy) is 1. The van der Waals surface area contributed by atoms with Crippen molar-refractivity contribution in [1.82, 2.24) is 0 Å². The predicted molar refractivity (Wildman–Crippen MR) is 65.8 cm³/mol. The highest BCUT2D eigenvalue weighted by atomic mass is 19.4. The summed E-state index contributed by atoms with van der Waals surface area (Å²) in [6.07, 6.45) is -5.15. The van der Waals surface area contributed by atoms with Crippen molar-refractivity contribution < 1.29 is 27.4 Å². The number of benzene rings is 1. The molecule has 1 aromatic rings. The van der Waals surface area contributed by atoms with Gasteiger partial charge in [-0.25, -0.2) is 4.39 Å². The Morgan fingerprint density at radius 2 is 2.00 bits per heavy atom. The minimum absolute atomic E-state index is 0.0744. The van der Waals surface area contributed by atoms with Gasteiger partial charge in [0, 0.05) is 18.4 Å². The number of rotatable bonds is 5. The molecule has 6 heteroatoms. The van der Waals surface area contributed by atoms with Crippen LogP contribution in [-0.2, 0) is 0 Å². The number of halogens is 4.